The topological polar surface area (TPSA) is 76.1 Å². The fraction of sp³-hybridized carbons (Fsp3) is 0.0909. The second-order valence-electron chi connectivity index (χ2n) is 2.93. The summed E-state index contributed by atoms with van der Waals surface area (Å²) in [6.45, 7) is 0. The van der Waals surface area contributed by atoms with Crippen LogP contribution in [-0.4, -0.2) is 13.0 Å². The molecule has 2 N–H and O–H groups in total. The van der Waals surface area contributed by atoms with Gasteiger partial charge in [0.05, 0.1) is 10.7 Å². The van der Waals surface area contributed by atoms with Crippen LogP contribution in [0.5, 0.6) is 5.75 Å². The van der Waals surface area contributed by atoms with E-state index in [4.69, 9.17) is 15.7 Å². The highest BCUT2D eigenvalue weighted by Crippen LogP contribution is 2.22. The second kappa shape index (κ2) is 5.51. The SMILES string of the molecule is COc1ccc(/C=C(\C#N)C(N)=O)cc1I. The highest BCUT2D eigenvalue weighted by molar-refractivity contribution is 14.1. The number of carbonyl (C=O) groups is 1. The molecule has 0 saturated carbocycles. The first-order valence-electron chi connectivity index (χ1n) is 4.33. The van der Waals surface area contributed by atoms with Crippen molar-refractivity contribution >= 4 is 34.6 Å². The number of hydrogen-bond donors (Lipinski definition) is 1. The molecule has 1 amide bonds. The first kappa shape index (κ1) is 12.5. The highest BCUT2D eigenvalue weighted by atomic mass is 127. The summed E-state index contributed by atoms with van der Waals surface area (Å²) >= 11 is 2.11. The van der Waals surface area contributed by atoms with E-state index in [1.54, 1.807) is 31.4 Å². The molecule has 1 rings (SSSR count). The van der Waals surface area contributed by atoms with E-state index in [2.05, 4.69) is 22.6 Å². The van der Waals surface area contributed by atoms with Crippen LogP contribution in [0.1, 0.15) is 5.56 Å². The normalized spacial score (nSPS) is 10.7. The van der Waals surface area contributed by atoms with Crippen LogP contribution in [0.4, 0.5) is 0 Å². The Morgan fingerprint density at radius 3 is 2.75 bits per heavy atom. The average molecular weight is 328 g/mol. The third-order valence-electron chi connectivity index (χ3n) is 1.87. The molecule has 1 aromatic rings. The summed E-state index contributed by atoms with van der Waals surface area (Å²) in [4.78, 5) is 10.8. The molecule has 5 heteroatoms. The summed E-state index contributed by atoms with van der Waals surface area (Å²) in [7, 11) is 1.58. The number of amides is 1. The lowest BCUT2D eigenvalue weighted by Gasteiger charge is -2.03. The van der Waals surface area contributed by atoms with Crippen molar-refractivity contribution in [2.75, 3.05) is 7.11 Å². The fourth-order valence-corrected chi connectivity index (χ4v) is 1.86. The number of ether oxygens (including phenoxy) is 1. The average Bonchev–Trinajstić information content (AvgIpc) is 2.25. The molecule has 0 bridgehead atoms. The Kier molecular flexibility index (Phi) is 4.31. The van der Waals surface area contributed by atoms with Crippen molar-refractivity contribution in [1.29, 1.82) is 5.26 Å². The number of hydrogen-bond acceptors (Lipinski definition) is 3. The number of nitriles is 1. The van der Waals surface area contributed by atoms with Crippen LogP contribution in [0.15, 0.2) is 23.8 Å². The Balaban J connectivity index is 3.12. The zero-order chi connectivity index (χ0) is 12.1. The monoisotopic (exact) mass is 328 g/mol. The van der Waals surface area contributed by atoms with E-state index in [0.717, 1.165) is 14.9 Å². The van der Waals surface area contributed by atoms with Crippen molar-refractivity contribution in [1.82, 2.24) is 0 Å². The van der Waals surface area contributed by atoms with E-state index in [9.17, 15) is 4.79 Å². The Labute approximate surface area is 107 Å². The van der Waals surface area contributed by atoms with Crippen LogP contribution >= 0.6 is 22.6 Å². The zero-order valence-corrected chi connectivity index (χ0v) is 10.7. The van der Waals surface area contributed by atoms with Crippen LogP contribution in [0, 0.1) is 14.9 Å². The molecule has 0 aromatic heterocycles. The summed E-state index contributed by atoms with van der Waals surface area (Å²) < 4.78 is 5.99. The van der Waals surface area contributed by atoms with Gasteiger partial charge in [-0.05, 0) is 46.4 Å². The van der Waals surface area contributed by atoms with Crippen molar-refractivity contribution < 1.29 is 9.53 Å². The van der Waals surface area contributed by atoms with Crippen molar-refractivity contribution in [3.63, 3.8) is 0 Å². The minimum Gasteiger partial charge on any atom is -0.496 e. The van der Waals surface area contributed by atoms with Crippen molar-refractivity contribution in [3.8, 4) is 11.8 Å². The first-order valence-corrected chi connectivity index (χ1v) is 5.41. The lowest BCUT2D eigenvalue weighted by molar-refractivity contribution is -0.114. The largest absolute Gasteiger partial charge is 0.496 e. The van der Waals surface area contributed by atoms with Gasteiger partial charge in [-0.1, -0.05) is 6.07 Å². The third kappa shape index (κ3) is 2.97. The van der Waals surface area contributed by atoms with E-state index in [-0.39, 0.29) is 5.57 Å². The Hall–Kier alpha value is -1.55. The predicted octanol–water partition coefficient (Wildman–Crippen LogP) is 1.69. The molecular weight excluding hydrogens is 319 g/mol. The summed E-state index contributed by atoms with van der Waals surface area (Å²) in [5.74, 6) is 0.0173. The standard InChI is InChI=1S/C11H9IN2O2/c1-16-10-3-2-7(5-9(10)12)4-8(6-13)11(14)15/h2-5H,1H3,(H2,14,15)/b8-4+. The molecule has 0 unspecified atom stereocenters. The number of methoxy groups -OCH3 is 1. The van der Waals surface area contributed by atoms with Gasteiger partial charge in [-0.3, -0.25) is 4.79 Å². The van der Waals surface area contributed by atoms with Gasteiger partial charge in [0.15, 0.2) is 0 Å². The molecule has 0 heterocycles. The van der Waals surface area contributed by atoms with Gasteiger partial charge < -0.3 is 10.5 Å². The Morgan fingerprint density at radius 2 is 2.31 bits per heavy atom. The van der Waals surface area contributed by atoms with Crippen LogP contribution in [-0.2, 0) is 4.79 Å². The number of benzene rings is 1. The quantitative estimate of drug-likeness (QED) is 0.521. The summed E-state index contributed by atoms with van der Waals surface area (Å²) in [6, 6.07) is 7.07. The van der Waals surface area contributed by atoms with Gasteiger partial charge in [-0.25, -0.2) is 0 Å². The van der Waals surface area contributed by atoms with Gasteiger partial charge in [0.2, 0.25) is 0 Å². The minimum atomic E-state index is -0.728. The van der Waals surface area contributed by atoms with Crippen LogP contribution in [0.25, 0.3) is 6.08 Å². The maximum Gasteiger partial charge on any atom is 0.259 e. The number of halogens is 1. The Bertz CT molecular complexity index is 489. The maximum atomic E-state index is 10.8. The van der Waals surface area contributed by atoms with E-state index in [0.29, 0.717) is 0 Å². The molecule has 0 aliphatic heterocycles. The zero-order valence-electron chi connectivity index (χ0n) is 8.53. The second-order valence-corrected chi connectivity index (χ2v) is 4.09. The molecule has 4 nitrogen and oxygen atoms in total. The molecule has 16 heavy (non-hydrogen) atoms. The number of nitrogens with two attached hydrogens (primary N) is 1. The summed E-state index contributed by atoms with van der Waals surface area (Å²) in [5, 5.41) is 8.68. The van der Waals surface area contributed by atoms with Gasteiger partial charge in [-0.2, -0.15) is 5.26 Å². The fourth-order valence-electron chi connectivity index (χ4n) is 1.10. The Morgan fingerprint density at radius 1 is 1.62 bits per heavy atom. The maximum absolute atomic E-state index is 10.8. The van der Waals surface area contributed by atoms with E-state index in [1.807, 2.05) is 0 Å². The molecule has 0 radical (unpaired) electrons. The van der Waals surface area contributed by atoms with Crippen molar-refractivity contribution in [2.24, 2.45) is 5.73 Å². The minimum absolute atomic E-state index is 0.0685. The van der Waals surface area contributed by atoms with E-state index < -0.39 is 5.91 Å². The van der Waals surface area contributed by atoms with Gasteiger partial charge in [0.1, 0.15) is 17.4 Å². The summed E-state index contributed by atoms with van der Waals surface area (Å²) in [5.41, 5.74) is 5.70. The molecule has 0 atom stereocenters. The molecule has 0 aliphatic carbocycles. The molecular formula is C11H9IN2O2. The molecule has 0 aliphatic rings. The lowest BCUT2D eigenvalue weighted by Crippen LogP contribution is -2.12. The van der Waals surface area contributed by atoms with Crippen LogP contribution < -0.4 is 10.5 Å². The molecule has 0 saturated heterocycles. The number of carbonyl (C=O) groups excluding carboxylic acids is 1. The van der Waals surface area contributed by atoms with E-state index in [1.165, 1.54) is 6.08 Å². The number of rotatable bonds is 3. The van der Waals surface area contributed by atoms with Crippen LogP contribution in [0.2, 0.25) is 0 Å². The lowest BCUT2D eigenvalue weighted by atomic mass is 10.1. The number of nitrogens with zero attached hydrogens (tertiary/aromatic N) is 1. The summed E-state index contributed by atoms with van der Waals surface area (Å²) in [6.07, 6.45) is 1.45. The molecule has 0 fully saturated rings. The van der Waals surface area contributed by atoms with Gasteiger partial charge in [0, 0.05) is 0 Å². The van der Waals surface area contributed by atoms with Gasteiger partial charge in [0.25, 0.3) is 5.91 Å². The van der Waals surface area contributed by atoms with Gasteiger partial charge in [-0.15, -0.1) is 0 Å². The van der Waals surface area contributed by atoms with Crippen molar-refractivity contribution in [3.05, 3.63) is 32.9 Å². The molecule has 82 valence electrons. The predicted molar refractivity (Wildman–Crippen MR) is 68.5 cm³/mol. The molecule has 1 aromatic carbocycles. The molecule has 0 spiro atoms. The smallest absolute Gasteiger partial charge is 0.259 e. The first-order chi connectivity index (χ1) is 7.58. The highest BCUT2D eigenvalue weighted by Gasteiger charge is 2.05. The van der Waals surface area contributed by atoms with E-state index >= 15 is 0 Å². The third-order valence-corrected chi connectivity index (χ3v) is 2.72. The van der Waals surface area contributed by atoms with Crippen molar-refractivity contribution in [2.45, 2.75) is 0 Å². The van der Waals surface area contributed by atoms with Gasteiger partial charge >= 0.3 is 0 Å². The van der Waals surface area contributed by atoms with Crippen LogP contribution in [0.3, 0.4) is 0 Å². The number of primary amides is 1.